The number of ether oxygens (including phenoxy) is 1. The minimum atomic E-state index is -3.70. The van der Waals surface area contributed by atoms with E-state index in [1.807, 2.05) is 18.2 Å². The van der Waals surface area contributed by atoms with Gasteiger partial charge in [0.15, 0.2) is 20.9 Å². The maximum atomic E-state index is 12.7. The fraction of sp³-hybridized carbons (Fsp3) is 0.556. The lowest BCUT2D eigenvalue weighted by atomic mass is 10.1. The minimum absolute atomic E-state index is 0.0648. The molecule has 2 atom stereocenters. The monoisotopic (exact) mass is 521 g/mol. The van der Waals surface area contributed by atoms with Crippen LogP contribution in [-0.2, 0) is 30.8 Å². The molecule has 28 heavy (non-hydrogen) atoms. The molecule has 154 valence electrons. The predicted octanol–water partition coefficient (Wildman–Crippen LogP) is 2.41. The first kappa shape index (κ1) is 21.5. The highest BCUT2D eigenvalue weighted by molar-refractivity contribution is 14.1. The van der Waals surface area contributed by atoms with Gasteiger partial charge in [0.25, 0.3) is 5.91 Å². The topological polar surface area (TPSA) is 99.5 Å². The molecular weight excluding hydrogens is 497 g/mol. The van der Waals surface area contributed by atoms with Crippen molar-refractivity contribution in [1.29, 1.82) is 0 Å². The second-order valence-corrected chi connectivity index (χ2v) is 10.9. The van der Waals surface area contributed by atoms with Crippen LogP contribution in [0.3, 0.4) is 0 Å². The molecule has 0 aliphatic carbocycles. The maximum Gasteiger partial charge on any atom is 0.264 e. The zero-order valence-electron chi connectivity index (χ0n) is 15.9. The van der Waals surface area contributed by atoms with Crippen molar-refractivity contribution >= 4 is 49.2 Å². The van der Waals surface area contributed by atoms with Gasteiger partial charge in [-0.1, -0.05) is 0 Å². The van der Waals surface area contributed by atoms with Gasteiger partial charge in [-0.3, -0.25) is 9.48 Å². The van der Waals surface area contributed by atoms with E-state index in [0.717, 1.165) is 33.6 Å². The lowest BCUT2D eigenvalue weighted by molar-refractivity contribution is -0.201. The van der Waals surface area contributed by atoms with E-state index in [0.29, 0.717) is 13.0 Å². The number of aryl methyl sites for hydroxylation is 1. The number of nitrogens with zero attached hydrogens (tertiary/aromatic N) is 2. The van der Waals surface area contributed by atoms with Crippen LogP contribution < -0.4 is 5.48 Å². The van der Waals surface area contributed by atoms with Crippen molar-refractivity contribution in [3.63, 3.8) is 0 Å². The van der Waals surface area contributed by atoms with Crippen molar-refractivity contribution in [2.75, 3.05) is 12.9 Å². The smallest absolute Gasteiger partial charge is 0.264 e. The third-order valence-electron chi connectivity index (χ3n) is 5.12. The standard InChI is InChI=1S/C18H24IN3O5S/c1-18(28(2,24)25,17(23)21-27-16-5-3-4-10-26-16)8-9-22-15-7-6-14(19)11-13(15)12-20-22/h6-7,11-12,16H,3-5,8-10H2,1-2H3,(H,21,23). The summed E-state index contributed by atoms with van der Waals surface area (Å²) in [5, 5.41) is 5.30. The molecule has 10 heteroatoms. The third kappa shape index (κ3) is 4.66. The SMILES string of the molecule is CC(CCn1ncc2cc(I)ccc21)(C(=O)NOC1CCCCO1)S(C)(=O)=O. The van der Waals surface area contributed by atoms with E-state index >= 15 is 0 Å². The summed E-state index contributed by atoms with van der Waals surface area (Å²) in [5.41, 5.74) is 3.19. The van der Waals surface area contributed by atoms with Crippen LogP contribution in [0.2, 0.25) is 0 Å². The molecule has 1 aromatic heterocycles. The number of hydrogen-bond acceptors (Lipinski definition) is 6. The number of carbonyl (C=O) groups is 1. The number of amides is 1. The van der Waals surface area contributed by atoms with E-state index in [4.69, 9.17) is 9.57 Å². The van der Waals surface area contributed by atoms with Crippen LogP contribution in [0.25, 0.3) is 10.9 Å². The van der Waals surface area contributed by atoms with E-state index in [9.17, 15) is 13.2 Å². The summed E-state index contributed by atoms with van der Waals surface area (Å²) < 4.78 is 31.4. The molecule has 1 fully saturated rings. The number of fused-ring (bicyclic) bond motifs is 1. The van der Waals surface area contributed by atoms with Crippen LogP contribution in [0.5, 0.6) is 0 Å². The van der Waals surface area contributed by atoms with Crippen molar-refractivity contribution < 1.29 is 22.8 Å². The summed E-state index contributed by atoms with van der Waals surface area (Å²) in [5.74, 6) is -0.699. The van der Waals surface area contributed by atoms with Crippen LogP contribution >= 0.6 is 22.6 Å². The molecule has 1 aliphatic rings. The summed E-state index contributed by atoms with van der Waals surface area (Å²) in [6.07, 6.45) is 4.87. The Morgan fingerprint density at radius 2 is 2.25 bits per heavy atom. The molecule has 2 unspecified atom stereocenters. The molecule has 1 saturated heterocycles. The minimum Gasteiger partial charge on any atom is -0.350 e. The normalized spacial score (nSPS) is 20.0. The van der Waals surface area contributed by atoms with Crippen molar-refractivity contribution in [2.45, 2.75) is 50.2 Å². The van der Waals surface area contributed by atoms with E-state index in [1.165, 1.54) is 6.92 Å². The second-order valence-electron chi connectivity index (χ2n) is 7.17. The number of hydroxylamine groups is 1. The molecule has 8 nitrogen and oxygen atoms in total. The van der Waals surface area contributed by atoms with E-state index in [2.05, 4.69) is 33.2 Å². The Labute approximate surface area is 178 Å². The first-order valence-corrected chi connectivity index (χ1v) is 12.1. The van der Waals surface area contributed by atoms with Gasteiger partial charge in [0, 0.05) is 34.8 Å². The van der Waals surface area contributed by atoms with Gasteiger partial charge in [-0.2, -0.15) is 5.10 Å². The molecule has 2 heterocycles. The fourth-order valence-electron chi connectivity index (χ4n) is 3.05. The number of aromatic nitrogens is 2. The second kappa shape index (κ2) is 8.64. The summed E-state index contributed by atoms with van der Waals surface area (Å²) in [6, 6.07) is 5.90. The zero-order valence-corrected chi connectivity index (χ0v) is 18.8. The van der Waals surface area contributed by atoms with Gasteiger partial charge in [-0.15, -0.1) is 0 Å². The molecule has 1 N–H and O–H groups in total. The number of hydrogen-bond donors (Lipinski definition) is 1. The lowest BCUT2D eigenvalue weighted by Gasteiger charge is -2.28. The predicted molar refractivity (Wildman–Crippen MR) is 113 cm³/mol. The van der Waals surface area contributed by atoms with Crippen LogP contribution in [0.15, 0.2) is 24.4 Å². The van der Waals surface area contributed by atoms with Gasteiger partial charge < -0.3 is 4.74 Å². The molecule has 1 aromatic carbocycles. The quantitative estimate of drug-likeness (QED) is 0.444. The molecule has 0 spiro atoms. The average molecular weight is 521 g/mol. The van der Waals surface area contributed by atoms with Crippen molar-refractivity contribution in [3.8, 4) is 0 Å². The Morgan fingerprint density at radius 1 is 1.46 bits per heavy atom. The van der Waals surface area contributed by atoms with Gasteiger partial charge in [-0.05, 0) is 67.0 Å². The first-order valence-electron chi connectivity index (χ1n) is 9.09. The van der Waals surface area contributed by atoms with Crippen molar-refractivity contribution in [3.05, 3.63) is 28.0 Å². The van der Waals surface area contributed by atoms with Crippen LogP contribution in [0, 0.1) is 3.57 Å². The Hall–Kier alpha value is -1.24. The van der Waals surface area contributed by atoms with E-state index in [-0.39, 0.29) is 13.0 Å². The largest absolute Gasteiger partial charge is 0.350 e. The summed E-state index contributed by atoms with van der Waals surface area (Å²) in [7, 11) is -3.70. The molecule has 0 saturated carbocycles. The van der Waals surface area contributed by atoms with Crippen molar-refractivity contribution in [2.24, 2.45) is 0 Å². The molecular formula is C18H24IN3O5S. The Balaban J connectivity index is 1.72. The van der Waals surface area contributed by atoms with Crippen LogP contribution in [0.1, 0.15) is 32.6 Å². The highest BCUT2D eigenvalue weighted by Gasteiger charge is 2.44. The van der Waals surface area contributed by atoms with Gasteiger partial charge >= 0.3 is 0 Å². The number of halogens is 1. The van der Waals surface area contributed by atoms with E-state index in [1.54, 1.807) is 10.9 Å². The van der Waals surface area contributed by atoms with Crippen LogP contribution in [0.4, 0.5) is 0 Å². The van der Waals surface area contributed by atoms with E-state index < -0.39 is 26.8 Å². The van der Waals surface area contributed by atoms with Crippen LogP contribution in [-0.4, -0.2) is 48.0 Å². The summed E-state index contributed by atoms with van der Waals surface area (Å²) >= 11 is 2.22. The summed E-state index contributed by atoms with van der Waals surface area (Å²) in [4.78, 5) is 18.0. The number of benzene rings is 1. The number of nitrogens with one attached hydrogen (secondary N) is 1. The third-order valence-corrected chi connectivity index (χ3v) is 7.82. The Morgan fingerprint density at radius 3 is 2.93 bits per heavy atom. The number of sulfone groups is 1. The highest BCUT2D eigenvalue weighted by atomic mass is 127. The molecule has 1 aliphatic heterocycles. The van der Waals surface area contributed by atoms with Crippen molar-refractivity contribution in [1.82, 2.24) is 15.3 Å². The Bertz CT molecular complexity index is 955. The molecule has 1 amide bonds. The Kier molecular flexibility index (Phi) is 6.62. The summed E-state index contributed by atoms with van der Waals surface area (Å²) in [6.45, 7) is 2.26. The average Bonchev–Trinajstić information content (AvgIpc) is 3.06. The van der Waals surface area contributed by atoms with Gasteiger partial charge in [0.2, 0.25) is 0 Å². The lowest BCUT2D eigenvalue weighted by Crippen LogP contribution is -2.51. The molecule has 0 radical (unpaired) electrons. The van der Waals surface area contributed by atoms with Gasteiger partial charge in [-0.25, -0.2) is 18.7 Å². The zero-order chi connectivity index (χ0) is 20.4. The molecule has 3 rings (SSSR count). The molecule has 2 aromatic rings. The highest BCUT2D eigenvalue weighted by Crippen LogP contribution is 2.25. The number of carbonyl (C=O) groups excluding carboxylic acids is 1. The fourth-order valence-corrected chi connectivity index (χ4v) is 4.41. The molecule has 0 bridgehead atoms. The number of rotatable bonds is 7. The van der Waals surface area contributed by atoms with Gasteiger partial charge in [0.05, 0.1) is 11.7 Å². The first-order chi connectivity index (χ1) is 13.2. The maximum absolute atomic E-state index is 12.7. The van der Waals surface area contributed by atoms with Gasteiger partial charge in [0.1, 0.15) is 0 Å².